The van der Waals surface area contributed by atoms with Crippen LogP contribution in [-0.2, 0) is 5.75 Å². The van der Waals surface area contributed by atoms with Crippen LogP contribution >= 0.6 is 11.8 Å². The number of thioether (sulfide) groups is 1. The fraction of sp³-hybridized carbons (Fsp3) is 0.385. The normalized spacial score (nSPS) is 11.1. The molecule has 3 nitrogen and oxygen atoms in total. The summed E-state index contributed by atoms with van der Waals surface area (Å²) in [6, 6.07) is 8.98. The summed E-state index contributed by atoms with van der Waals surface area (Å²) in [6.45, 7) is 6.39. The molecule has 0 bridgehead atoms. The minimum atomic E-state index is 0.407. The molecule has 0 unspecified atom stereocenters. The van der Waals surface area contributed by atoms with E-state index in [1.54, 1.807) is 18.1 Å². The Morgan fingerprint density at radius 2 is 2.18 bits per heavy atom. The number of rotatable bonds is 4. The first-order valence-electron chi connectivity index (χ1n) is 5.74. The van der Waals surface area contributed by atoms with Crippen LogP contribution < -0.4 is 0 Å². The highest BCUT2D eigenvalue weighted by Gasteiger charge is 2.07. The lowest BCUT2D eigenvalue weighted by Gasteiger charge is -2.09. The van der Waals surface area contributed by atoms with Crippen LogP contribution in [0, 0.1) is 6.92 Å². The Hall–Kier alpha value is -1.29. The van der Waals surface area contributed by atoms with Crippen LogP contribution in [0.3, 0.4) is 0 Å². The van der Waals surface area contributed by atoms with Gasteiger partial charge in [-0.2, -0.15) is 0 Å². The number of nitrogens with zero attached hydrogens (tertiary/aromatic N) is 3. The van der Waals surface area contributed by atoms with Crippen molar-refractivity contribution in [2.24, 2.45) is 0 Å². The fourth-order valence-electron chi connectivity index (χ4n) is 1.64. The molecule has 2 aromatic rings. The molecule has 0 radical (unpaired) electrons. The van der Waals surface area contributed by atoms with E-state index in [0.29, 0.717) is 6.04 Å². The number of aryl methyl sites for hydroxylation is 1. The quantitative estimate of drug-likeness (QED) is 0.775. The molecule has 1 aromatic heterocycles. The van der Waals surface area contributed by atoms with E-state index in [0.717, 1.165) is 10.9 Å². The molecule has 0 aliphatic rings. The van der Waals surface area contributed by atoms with E-state index in [2.05, 4.69) is 59.8 Å². The van der Waals surface area contributed by atoms with Gasteiger partial charge in [0.15, 0.2) is 5.16 Å². The van der Waals surface area contributed by atoms with Gasteiger partial charge < -0.3 is 4.57 Å². The van der Waals surface area contributed by atoms with Crippen molar-refractivity contribution in [1.29, 1.82) is 0 Å². The Bertz CT molecular complexity index is 491. The van der Waals surface area contributed by atoms with E-state index < -0.39 is 0 Å². The van der Waals surface area contributed by atoms with Crippen LogP contribution in [0.25, 0.3) is 0 Å². The van der Waals surface area contributed by atoms with Crippen molar-refractivity contribution in [3.8, 4) is 0 Å². The van der Waals surface area contributed by atoms with E-state index in [-0.39, 0.29) is 0 Å². The summed E-state index contributed by atoms with van der Waals surface area (Å²) in [5.74, 6) is 0.938. The smallest absolute Gasteiger partial charge is 0.191 e. The number of benzene rings is 1. The van der Waals surface area contributed by atoms with E-state index >= 15 is 0 Å². The molecule has 0 aliphatic carbocycles. The van der Waals surface area contributed by atoms with Gasteiger partial charge in [-0.15, -0.1) is 10.2 Å². The van der Waals surface area contributed by atoms with Crippen LogP contribution in [0.5, 0.6) is 0 Å². The highest BCUT2D eigenvalue weighted by molar-refractivity contribution is 7.98. The van der Waals surface area contributed by atoms with Gasteiger partial charge in [-0.25, -0.2) is 0 Å². The second-order valence-electron chi connectivity index (χ2n) is 4.39. The third-order valence-electron chi connectivity index (χ3n) is 2.55. The fourth-order valence-corrected chi connectivity index (χ4v) is 2.63. The summed E-state index contributed by atoms with van der Waals surface area (Å²) in [5.41, 5.74) is 2.63. The van der Waals surface area contributed by atoms with Crippen molar-refractivity contribution >= 4 is 11.8 Å². The molecule has 2 rings (SSSR count). The van der Waals surface area contributed by atoms with Gasteiger partial charge in [-0.1, -0.05) is 41.6 Å². The van der Waals surface area contributed by atoms with Crippen molar-refractivity contribution in [3.63, 3.8) is 0 Å². The summed E-state index contributed by atoms with van der Waals surface area (Å²) < 4.78 is 2.10. The molecule has 90 valence electrons. The Morgan fingerprint density at radius 3 is 2.88 bits per heavy atom. The first-order chi connectivity index (χ1) is 8.16. The third kappa shape index (κ3) is 3.09. The topological polar surface area (TPSA) is 30.7 Å². The van der Waals surface area contributed by atoms with Crippen LogP contribution in [0.4, 0.5) is 0 Å². The van der Waals surface area contributed by atoms with Crippen LogP contribution in [0.15, 0.2) is 35.7 Å². The minimum absolute atomic E-state index is 0.407. The average molecular weight is 247 g/mol. The summed E-state index contributed by atoms with van der Waals surface area (Å²) in [5, 5.41) is 9.10. The molecule has 4 heteroatoms. The largest absolute Gasteiger partial charge is 0.306 e. The number of hydrogen-bond donors (Lipinski definition) is 0. The summed E-state index contributed by atoms with van der Waals surface area (Å²) >= 11 is 1.73. The van der Waals surface area contributed by atoms with E-state index in [1.165, 1.54) is 11.1 Å². The first-order valence-corrected chi connectivity index (χ1v) is 6.73. The third-order valence-corrected chi connectivity index (χ3v) is 3.58. The Morgan fingerprint density at radius 1 is 1.35 bits per heavy atom. The molecule has 0 fully saturated rings. The Balaban J connectivity index is 2.05. The van der Waals surface area contributed by atoms with Gasteiger partial charge >= 0.3 is 0 Å². The molecule has 0 saturated carbocycles. The maximum Gasteiger partial charge on any atom is 0.191 e. The van der Waals surface area contributed by atoms with Crippen LogP contribution in [0.1, 0.15) is 31.0 Å². The maximum atomic E-state index is 4.15. The highest BCUT2D eigenvalue weighted by Crippen LogP contribution is 2.23. The monoisotopic (exact) mass is 247 g/mol. The number of hydrogen-bond acceptors (Lipinski definition) is 3. The second kappa shape index (κ2) is 5.36. The lowest BCUT2D eigenvalue weighted by molar-refractivity contribution is 0.549. The van der Waals surface area contributed by atoms with Gasteiger partial charge in [0, 0.05) is 11.8 Å². The van der Waals surface area contributed by atoms with Gasteiger partial charge in [0.25, 0.3) is 0 Å². The van der Waals surface area contributed by atoms with E-state index in [1.807, 2.05) is 0 Å². The zero-order valence-corrected chi connectivity index (χ0v) is 11.2. The average Bonchev–Trinajstić information content (AvgIpc) is 2.74. The number of aromatic nitrogens is 3. The molecule has 0 saturated heterocycles. The van der Waals surface area contributed by atoms with Crippen molar-refractivity contribution in [3.05, 3.63) is 41.7 Å². The summed E-state index contributed by atoms with van der Waals surface area (Å²) in [6.07, 6.45) is 1.79. The van der Waals surface area contributed by atoms with Gasteiger partial charge in [0.1, 0.15) is 6.33 Å². The van der Waals surface area contributed by atoms with Crippen LogP contribution in [-0.4, -0.2) is 14.8 Å². The molecule has 17 heavy (non-hydrogen) atoms. The molecule has 0 atom stereocenters. The molecule has 1 aromatic carbocycles. The zero-order chi connectivity index (χ0) is 12.3. The highest BCUT2D eigenvalue weighted by atomic mass is 32.2. The van der Waals surface area contributed by atoms with Gasteiger partial charge in [0.2, 0.25) is 0 Å². The van der Waals surface area contributed by atoms with Crippen molar-refractivity contribution in [1.82, 2.24) is 14.8 Å². The first kappa shape index (κ1) is 12.2. The van der Waals surface area contributed by atoms with Gasteiger partial charge in [-0.05, 0) is 26.3 Å². The molecular formula is C13H17N3S. The minimum Gasteiger partial charge on any atom is -0.306 e. The van der Waals surface area contributed by atoms with Crippen molar-refractivity contribution < 1.29 is 0 Å². The predicted octanol–water partition coefficient (Wildman–Crippen LogP) is 3.46. The Labute approximate surface area is 106 Å². The van der Waals surface area contributed by atoms with E-state index in [4.69, 9.17) is 0 Å². The summed E-state index contributed by atoms with van der Waals surface area (Å²) in [7, 11) is 0. The zero-order valence-electron chi connectivity index (χ0n) is 10.4. The van der Waals surface area contributed by atoms with Gasteiger partial charge in [-0.3, -0.25) is 0 Å². The SMILES string of the molecule is Cc1cccc(CSc2nncn2C(C)C)c1. The Kier molecular flexibility index (Phi) is 3.84. The molecule has 1 heterocycles. The lowest BCUT2D eigenvalue weighted by atomic mass is 10.2. The predicted molar refractivity (Wildman–Crippen MR) is 71.1 cm³/mol. The van der Waals surface area contributed by atoms with E-state index in [9.17, 15) is 0 Å². The maximum absolute atomic E-state index is 4.15. The lowest BCUT2D eigenvalue weighted by Crippen LogP contribution is -2.00. The van der Waals surface area contributed by atoms with Crippen molar-refractivity contribution in [2.45, 2.75) is 37.7 Å². The molecule has 0 aliphatic heterocycles. The van der Waals surface area contributed by atoms with Gasteiger partial charge in [0.05, 0.1) is 0 Å². The second-order valence-corrected chi connectivity index (χ2v) is 5.33. The molecule has 0 spiro atoms. The molecule has 0 amide bonds. The summed E-state index contributed by atoms with van der Waals surface area (Å²) in [4.78, 5) is 0. The molecule has 0 N–H and O–H groups in total. The molecular weight excluding hydrogens is 230 g/mol. The van der Waals surface area contributed by atoms with Crippen molar-refractivity contribution in [2.75, 3.05) is 0 Å². The standard InChI is InChI=1S/C13H17N3S/c1-10(2)16-9-14-15-13(16)17-8-12-6-4-5-11(3)7-12/h4-7,9-10H,8H2,1-3H3. The van der Waals surface area contributed by atoms with Crippen LogP contribution in [0.2, 0.25) is 0 Å².